The van der Waals surface area contributed by atoms with Crippen LogP contribution < -0.4 is 20.1 Å². The van der Waals surface area contributed by atoms with Crippen molar-refractivity contribution in [2.75, 3.05) is 13.7 Å². The van der Waals surface area contributed by atoms with Gasteiger partial charge in [-0.1, -0.05) is 24.3 Å². The Morgan fingerprint density at radius 1 is 0.885 bits per heavy atom. The highest BCUT2D eigenvalue weighted by molar-refractivity contribution is 5.73. The van der Waals surface area contributed by atoms with E-state index in [0.29, 0.717) is 6.54 Å². The molecule has 26 heavy (non-hydrogen) atoms. The summed E-state index contributed by atoms with van der Waals surface area (Å²) in [6, 6.07) is 13.0. The Morgan fingerprint density at radius 2 is 1.35 bits per heavy atom. The number of carbonyl (C=O) groups is 1. The van der Waals surface area contributed by atoms with Gasteiger partial charge in [0.15, 0.2) is 6.61 Å². The lowest BCUT2D eigenvalue weighted by molar-refractivity contribution is -0.153. The maximum atomic E-state index is 12.1. The monoisotopic (exact) mass is 368 g/mol. The van der Waals surface area contributed by atoms with Gasteiger partial charge in [-0.3, -0.25) is 0 Å². The second-order valence-electron chi connectivity index (χ2n) is 5.43. The van der Waals surface area contributed by atoms with Gasteiger partial charge >= 0.3 is 12.2 Å². The number of ether oxygens (including phenoxy) is 2. The zero-order valence-electron chi connectivity index (χ0n) is 14.1. The number of carbonyl (C=O) groups excluding carboxylic acids is 1. The largest absolute Gasteiger partial charge is 0.497 e. The van der Waals surface area contributed by atoms with Gasteiger partial charge in [0.05, 0.1) is 7.11 Å². The van der Waals surface area contributed by atoms with E-state index in [1.165, 1.54) is 12.1 Å². The average Bonchev–Trinajstić information content (AvgIpc) is 2.63. The molecule has 5 nitrogen and oxygen atoms in total. The second-order valence-corrected chi connectivity index (χ2v) is 5.43. The Kier molecular flexibility index (Phi) is 6.71. The lowest BCUT2D eigenvalue weighted by Crippen LogP contribution is -2.34. The first-order valence-electron chi connectivity index (χ1n) is 7.79. The molecule has 2 aromatic carbocycles. The lowest BCUT2D eigenvalue weighted by atomic mass is 10.2. The van der Waals surface area contributed by atoms with Crippen molar-refractivity contribution >= 4 is 6.03 Å². The molecular formula is C18H19F3N2O3. The molecule has 2 rings (SSSR count). The van der Waals surface area contributed by atoms with Crippen LogP contribution >= 0.6 is 0 Å². The van der Waals surface area contributed by atoms with E-state index in [1.54, 1.807) is 31.4 Å². The predicted molar refractivity (Wildman–Crippen MR) is 90.1 cm³/mol. The molecule has 0 unspecified atom stereocenters. The third-order valence-corrected chi connectivity index (χ3v) is 3.39. The van der Waals surface area contributed by atoms with Crippen LogP contribution in [0.5, 0.6) is 11.5 Å². The molecule has 0 aliphatic carbocycles. The fourth-order valence-electron chi connectivity index (χ4n) is 2.04. The van der Waals surface area contributed by atoms with Crippen LogP contribution in [0, 0.1) is 0 Å². The summed E-state index contributed by atoms with van der Waals surface area (Å²) in [7, 11) is 1.58. The van der Waals surface area contributed by atoms with E-state index in [-0.39, 0.29) is 18.3 Å². The van der Waals surface area contributed by atoms with Gasteiger partial charge in [0, 0.05) is 13.1 Å². The van der Waals surface area contributed by atoms with E-state index in [4.69, 9.17) is 4.74 Å². The number of hydrogen-bond acceptors (Lipinski definition) is 3. The van der Waals surface area contributed by atoms with Crippen molar-refractivity contribution < 1.29 is 27.4 Å². The minimum atomic E-state index is -4.37. The topological polar surface area (TPSA) is 59.6 Å². The molecule has 0 radical (unpaired) electrons. The van der Waals surface area contributed by atoms with E-state index in [0.717, 1.165) is 16.9 Å². The number of amides is 2. The Balaban J connectivity index is 1.72. The van der Waals surface area contributed by atoms with Crippen LogP contribution in [0.2, 0.25) is 0 Å². The van der Waals surface area contributed by atoms with Gasteiger partial charge in [0.2, 0.25) is 0 Å². The molecule has 0 aromatic heterocycles. The summed E-state index contributed by atoms with van der Waals surface area (Å²) in [4.78, 5) is 11.8. The third kappa shape index (κ3) is 6.92. The highest BCUT2D eigenvalue weighted by atomic mass is 19.4. The first-order valence-corrected chi connectivity index (χ1v) is 7.79. The number of urea groups is 1. The minimum absolute atomic E-state index is 0.120. The van der Waals surface area contributed by atoms with Crippen LogP contribution in [0.25, 0.3) is 0 Å². The van der Waals surface area contributed by atoms with Gasteiger partial charge in [-0.05, 0) is 35.4 Å². The van der Waals surface area contributed by atoms with Crippen molar-refractivity contribution in [1.82, 2.24) is 10.6 Å². The SMILES string of the molecule is COc1ccc(CNC(=O)NCc2ccc(OCC(F)(F)F)cc2)cc1. The summed E-state index contributed by atoms with van der Waals surface area (Å²) in [5, 5.41) is 5.39. The molecule has 0 saturated heterocycles. The van der Waals surface area contributed by atoms with Crippen molar-refractivity contribution in [2.45, 2.75) is 19.3 Å². The molecule has 0 bridgehead atoms. The Labute approximate surface area is 149 Å². The molecule has 0 saturated carbocycles. The fourth-order valence-corrected chi connectivity index (χ4v) is 2.04. The average molecular weight is 368 g/mol. The molecule has 0 fully saturated rings. The number of rotatable bonds is 7. The van der Waals surface area contributed by atoms with Crippen LogP contribution in [0.1, 0.15) is 11.1 Å². The number of halogens is 3. The highest BCUT2D eigenvalue weighted by Crippen LogP contribution is 2.18. The molecular weight excluding hydrogens is 349 g/mol. The molecule has 2 amide bonds. The Bertz CT molecular complexity index is 701. The zero-order chi connectivity index (χ0) is 19.0. The van der Waals surface area contributed by atoms with Crippen molar-refractivity contribution in [1.29, 1.82) is 0 Å². The first kappa shape index (κ1) is 19.4. The minimum Gasteiger partial charge on any atom is -0.497 e. The summed E-state index contributed by atoms with van der Waals surface area (Å²) in [5.74, 6) is 0.857. The quantitative estimate of drug-likeness (QED) is 0.785. The van der Waals surface area contributed by atoms with Crippen LogP contribution in [-0.2, 0) is 13.1 Å². The maximum absolute atomic E-state index is 12.1. The van der Waals surface area contributed by atoms with Gasteiger partial charge in [-0.25, -0.2) is 4.79 Å². The summed E-state index contributed by atoms with van der Waals surface area (Å²) in [6.45, 7) is -0.730. The van der Waals surface area contributed by atoms with Crippen molar-refractivity contribution in [3.05, 3.63) is 59.7 Å². The fraction of sp³-hybridized carbons (Fsp3) is 0.278. The second kappa shape index (κ2) is 8.98. The van der Waals surface area contributed by atoms with Crippen LogP contribution in [0.15, 0.2) is 48.5 Å². The van der Waals surface area contributed by atoms with E-state index in [2.05, 4.69) is 15.4 Å². The molecule has 2 N–H and O–H groups in total. The molecule has 0 atom stereocenters. The number of nitrogens with one attached hydrogen (secondary N) is 2. The van der Waals surface area contributed by atoms with Crippen LogP contribution in [-0.4, -0.2) is 25.9 Å². The van der Waals surface area contributed by atoms with Crippen molar-refractivity contribution in [3.63, 3.8) is 0 Å². The molecule has 0 aliphatic heterocycles. The van der Waals surface area contributed by atoms with E-state index >= 15 is 0 Å². The molecule has 0 aliphatic rings. The summed E-state index contributed by atoms with van der Waals surface area (Å²) < 4.78 is 45.9. The van der Waals surface area contributed by atoms with E-state index in [1.807, 2.05) is 12.1 Å². The number of alkyl halides is 3. The number of benzene rings is 2. The Morgan fingerprint density at radius 3 is 1.77 bits per heavy atom. The summed E-state index contributed by atoms with van der Waals surface area (Å²) in [6.07, 6.45) is -4.37. The van der Waals surface area contributed by atoms with E-state index < -0.39 is 12.8 Å². The van der Waals surface area contributed by atoms with Crippen LogP contribution in [0.3, 0.4) is 0 Å². The van der Waals surface area contributed by atoms with Gasteiger partial charge in [-0.15, -0.1) is 0 Å². The smallest absolute Gasteiger partial charge is 0.422 e. The molecule has 8 heteroatoms. The summed E-state index contributed by atoms with van der Waals surface area (Å²) in [5.41, 5.74) is 1.66. The van der Waals surface area contributed by atoms with Crippen molar-refractivity contribution in [3.8, 4) is 11.5 Å². The Hall–Kier alpha value is -2.90. The van der Waals surface area contributed by atoms with E-state index in [9.17, 15) is 18.0 Å². The number of hydrogen-bond donors (Lipinski definition) is 2. The molecule has 140 valence electrons. The van der Waals surface area contributed by atoms with Gasteiger partial charge in [0.25, 0.3) is 0 Å². The van der Waals surface area contributed by atoms with Gasteiger partial charge in [0.1, 0.15) is 11.5 Å². The summed E-state index contributed by atoms with van der Waals surface area (Å²) >= 11 is 0. The number of methoxy groups -OCH3 is 1. The first-order chi connectivity index (χ1) is 12.4. The normalized spacial score (nSPS) is 10.9. The van der Waals surface area contributed by atoms with Gasteiger partial charge in [-0.2, -0.15) is 13.2 Å². The third-order valence-electron chi connectivity index (χ3n) is 3.39. The zero-order valence-corrected chi connectivity index (χ0v) is 14.1. The maximum Gasteiger partial charge on any atom is 0.422 e. The van der Waals surface area contributed by atoms with Gasteiger partial charge < -0.3 is 20.1 Å². The van der Waals surface area contributed by atoms with Crippen molar-refractivity contribution in [2.24, 2.45) is 0 Å². The molecule has 0 spiro atoms. The molecule has 2 aromatic rings. The predicted octanol–water partition coefficient (Wildman–Crippen LogP) is 3.64. The lowest BCUT2D eigenvalue weighted by Gasteiger charge is -2.10. The van der Waals surface area contributed by atoms with Crippen LogP contribution in [0.4, 0.5) is 18.0 Å². The standard InChI is InChI=1S/C18H19F3N2O3/c1-25-15-6-2-13(3-7-15)10-22-17(24)23-11-14-4-8-16(9-5-14)26-12-18(19,20)21/h2-9H,10-12H2,1H3,(H2,22,23,24). The highest BCUT2D eigenvalue weighted by Gasteiger charge is 2.28. The molecule has 0 heterocycles.